The standard InChI is InChI=1S/C14H29N/c1-4-5-6-7-10-13(2)11-8-9-12-14(13,3)15/h4-12,15H2,1-3H3. The molecule has 1 rings (SSSR count). The summed E-state index contributed by atoms with van der Waals surface area (Å²) < 4.78 is 0. The van der Waals surface area contributed by atoms with Crippen LogP contribution in [0.5, 0.6) is 0 Å². The molecule has 0 saturated heterocycles. The van der Waals surface area contributed by atoms with Crippen molar-refractivity contribution in [1.29, 1.82) is 0 Å². The quantitative estimate of drug-likeness (QED) is 0.676. The molecule has 1 aliphatic carbocycles. The molecule has 2 N–H and O–H groups in total. The predicted octanol–water partition coefficient (Wildman–Crippen LogP) is 4.25. The lowest BCUT2D eigenvalue weighted by Gasteiger charge is -2.48. The van der Waals surface area contributed by atoms with Crippen molar-refractivity contribution >= 4 is 0 Å². The van der Waals surface area contributed by atoms with Gasteiger partial charge in [0.25, 0.3) is 0 Å². The van der Waals surface area contributed by atoms with Gasteiger partial charge in [0.05, 0.1) is 0 Å². The first-order valence-electron chi connectivity index (χ1n) is 6.81. The predicted molar refractivity (Wildman–Crippen MR) is 67.9 cm³/mol. The fourth-order valence-corrected chi connectivity index (χ4v) is 2.95. The van der Waals surface area contributed by atoms with Crippen LogP contribution in [-0.2, 0) is 0 Å². The van der Waals surface area contributed by atoms with Gasteiger partial charge in [-0.05, 0) is 31.6 Å². The van der Waals surface area contributed by atoms with E-state index >= 15 is 0 Å². The molecular formula is C14H29N. The zero-order valence-electron chi connectivity index (χ0n) is 10.9. The molecule has 1 saturated carbocycles. The van der Waals surface area contributed by atoms with Crippen LogP contribution >= 0.6 is 0 Å². The third kappa shape index (κ3) is 3.21. The second kappa shape index (κ2) is 5.34. The summed E-state index contributed by atoms with van der Waals surface area (Å²) in [6.45, 7) is 6.96. The molecule has 1 aliphatic rings. The summed E-state index contributed by atoms with van der Waals surface area (Å²) >= 11 is 0. The molecule has 0 heterocycles. The topological polar surface area (TPSA) is 26.0 Å². The van der Waals surface area contributed by atoms with Gasteiger partial charge in [0.1, 0.15) is 0 Å². The molecule has 1 fully saturated rings. The maximum Gasteiger partial charge on any atom is 0.0180 e. The summed E-state index contributed by atoms with van der Waals surface area (Å²) in [7, 11) is 0. The van der Waals surface area contributed by atoms with Gasteiger partial charge in [-0.25, -0.2) is 0 Å². The summed E-state index contributed by atoms with van der Waals surface area (Å²) in [5.74, 6) is 0. The zero-order chi connectivity index (χ0) is 11.4. The van der Waals surface area contributed by atoms with Gasteiger partial charge < -0.3 is 5.73 Å². The number of nitrogens with two attached hydrogens (primary N) is 1. The normalized spacial score (nSPS) is 36.8. The third-order valence-corrected chi connectivity index (χ3v) is 4.64. The van der Waals surface area contributed by atoms with Gasteiger partial charge in [0.15, 0.2) is 0 Å². The van der Waals surface area contributed by atoms with Crippen molar-refractivity contribution in [3.8, 4) is 0 Å². The molecule has 0 aromatic carbocycles. The molecule has 0 aliphatic heterocycles. The lowest BCUT2D eigenvalue weighted by atomic mass is 9.61. The number of hydrogen-bond acceptors (Lipinski definition) is 1. The van der Waals surface area contributed by atoms with Crippen LogP contribution in [-0.4, -0.2) is 5.54 Å². The maximum absolute atomic E-state index is 6.47. The van der Waals surface area contributed by atoms with Crippen molar-refractivity contribution in [1.82, 2.24) is 0 Å². The minimum absolute atomic E-state index is 0.0808. The molecule has 15 heavy (non-hydrogen) atoms. The van der Waals surface area contributed by atoms with E-state index in [9.17, 15) is 0 Å². The van der Waals surface area contributed by atoms with E-state index in [0.29, 0.717) is 5.41 Å². The van der Waals surface area contributed by atoms with Gasteiger partial charge in [0, 0.05) is 5.54 Å². The Morgan fingerprint density at radius 2 is 1.67 bits per heavy atom. The van der Waals surface area contributed by atoms with Crippen LogP contribution in [0.4, 0.5) is 0 Å². The molecule has 1 heteroatoms. The first-order valence-corrected chi connectivity index (χ1v) is 6.81. The van der Waals surface area contributed by atoms with Gasteiger partial charge in [-0.2, -0.15) is 0 Å². The van der Waals surface area contributed by atoms with Crippen molar-refractivity contribution < 1.29 is 0 Å². The maximum atomic E-state index is 6.47. The lowest BCUT2D eigenvalue weighted by molar-refractivity contribution is 0.0811. The highest BCUT2D eigenvalue weighted by molar-refractivity contribution is 4.99. The van der Waals surface area contributed by atoms with Crippen LogP contribution in [0.25, 0.3) is 0 Å². The van der Waals surface area contributed by atoms with Gasteiger partial charge in [-0.3, -0.25) is 0 Å². The Hall–Kier alpha value is -0.0400. The first kappa shape index (κ1) is 13.0. The van der Waals surface area contributed by atoms with E-state index in [1.54, 1.807) is 0 Å². The molecule has 2 unspecified atom stereocenters. The minimum atomic E-state index is 0.0808. The third-order valence-electron chi connectivity index (χ3n) is 4.64. The van der Waals surface area contributed by atoms with Gasteiger partial charge >= 0.3 is 0 Å². The van der Waals surface area contributed by atoms with Crippen molar-refractivity contribution in [3.63, 3.8) is 0 Å². The Balaban J connectivity index is 2.41. The average Bonchev–Trinajstić information content (AvgIpc) is 2.18. The molecule has 2 atom stereocenters. The fraction of sp³-hybridized carbons (Fsp3) is 1.00. The highest BCUT2D eigenvalue weighted by atomic mass is 14.8. The smallest absolute Gasteiger partial charge is 0.0180 e. The Kier molecular flexibility index (Phi) is 4.64. The Morgan fingerprint density at radius 1 is 1.00 bits per heavy atom. The highest BCUT2D eigenvalue weighted by Gasteiger charge is 2.42. The highest BCUT2D eigenvalue weighted by Crippen LogP contribution is 2.45. The molecule has 90 valence electrons. The molecule has 0 aromatic rings. The van der Waals surface area contributed by atoms with E-state index in [1.807, 2.05) is 0 Å². The summed E-state index contributed by atoms with van der Waals surface area (Å²) in [5.41, 5.74) is 6.95. The van der Waals surface area contributed by atoms with E-state index in [1.165, 1.54) is 57.8 Å². The van der Waals surface area contributed by atoms with E-state index in [0.717, 1.165) is 0 Å². The van der Waals surface area contributed by atoms with Crippen molar-refractivity contribution in [2.75, 3.05) is 0 Å². The van der Waals surface area contributed by atoms with E-state index in [2.05, 4.69) is 20.8 Å². The first-order chi connectivity index (χ1) is 7.02. The molecule has 0 spiro atoms. The monoisotopic (exact) mass is 211 g/mol. The summed E-state index contributed by atoms with van der Waals surface area (Å²) in [6.07, 6.45) is 12.1. The summed E-state index contributed by atoms with van der Waals surface area (Å²) in [6, 6.07) is 0. The van der Waals surface area contributed by atoms with Gasteiger partial charge in [-0.1, -0.05) is 52.4 Å². The fourth-order valence-electron chi connectivity index (χ4n) is 2.95. The molecular weight excluding hydrogens is 182 g/mol. The molecule has 1 nitrogen and oxygen atoms in total. The molecule has 0 aromatic heterocycles. The van der Waals surface area contributed by atoms with Crippen molar-refractivity contribution in [3.05, 3.63) is 0 Å². The Labute approximate surface area is 95.8 Å². The average molecular weight is 211 g/mol. The summed E-state index contributed by atoms with van der Waals surface area (Å²) in [5, 5.41) is 0. The van der Waals surface area contributed by atoms with E-state index < -0.39 is 0 Å². The molecule has 0 amide bonds. The zero-order valence-corrected chi connectivity index (χ0v) is 10.9. The van der Waals surface area contributed by atoms with Gasteiger partial charge in [-0.15, -0.1) is 0 Å². The lowest BCUT2D eigenvalue weighted by Crippen LogP contribution is -2.53. The Bertz CT molecular complexity index is 186. The SMILES string of the molecule is CCCCCCC1(C)CCCCC1(C)N. The van der Waals surface area contributed by atoms with Crippen LogP contribution in [0.3, 0.4) is 0 Å². The number of hydrogen-bond donors (Lipinski definition) is 1. The largest absolute Gasteiger partial charge is 0.325 e. The van der Waals surface area contributed by atoms with Crippen LogP contribution in [0, 0.1) is 5.41 Å². The second-order valence-corrected chi connectivity index (χ2v) is 6.00. The Morgan fingerprint density at radius 3 is 2.27 bits per heavy atom. The van der Waals surface area contributed by atoms with Crippen molar-refractivity contribution in [2.24, 2.45) is 11.1 Å². The molecule has 0 bridgehead atoms. The summed E-state index contributed by atoms with van der Waals surface area (Å²) in [4.78, 5) is 0. The minimum Gasteiger partial charge on any atom is -0.325 e. The number of unbranched alkanes of at least 4 members (excludes halogenated alkanes) is 3. The van der Waals surface area contributed by atoms with Crippen LogP contribution in [0.1, 0.15) is 78.6 Å². The van der Waals surface area contributed by atoms with E-state index in [4.69, 9.17) is 5.73 Å². The second-order valence-electron chi connectivity index (χ2n) is 6.00. The van der Waals surface area contributed by atoms with Crippen molar-refractivity contribution in [2.45, 2.75) is 84.1 Å². The van der Waals surface area contributed by atoms with E-state index in [-0.39, 0.29) is 5.54 Å². The van der Waals surface area contributed by atoms with Crippen LogP contribution < -0.4 is 5.73 Å². The molecule has 0 radical (unpaired) electrons. The van der Waals surface area contributed by atoms with Gasteiger partial charge in [0.2, 0.25) is 0 Å². The number of rotatable bonds is 5. The van der Waals surface area contributed by atoms with Crippen LogP contribution in [0.2, 0.25) is 0 Å². The van der Waals surface area contributed by atoms with Crippen LogP contribution in [0.15, 0.2) is 0 Å².